The second-order valence-electron chi connectivity index (χ2n) is 16.9. The molecule has 3 amide bonds. The molecular formula is C49H58N6O5S. The van der Waals surface area contributed by atoms with Crippen molar-refractivity contribution in [2.24, 2.45) is 5.73 Å². The highest BCUT2D eigenvalue weighted by atomic mass is 32.2. The molecule has 0 spiro atoms. The Labute approximate surface area is 361 Å². The molecule has 2 aliphatic carbocycles. The van der Waals surface area contributed by atoms with E-state index >= 15 is 0 Å². The first-order chi connectivity index (χ1) is 29.3. The summed E-state index contributed by atoms with van der Waals surface area (Å²) >= 11 is 0. The van der Waals surface area contributed by atoms with Crippen LogP contribution in [0.1, 0.15) is 118 Å². The number of hydrogen-bond acceptors (Lipinski definition) is 7. The van der Waals surface area contributed by atoms with E-state index in [1.165, 1.54) is 11.1 Å². The minimum Gasteiger partial charge on any atom is -0.321 e. The average Bonchev–Trinajstić information content (AvgIpc) is 4.22. The van der Waals surface area contributed by atoms with Crippen LogP contribution in [0, 0.1) is 11.3 Å². The van der Waals surface area contributed by atoms with Crippen molar-refractivity contribution in [3.63, 3.8) is 0 Å². The van der Waals surface area contributed by atoms with Crippen molar-refractivity contribution in [1.29, 1.82) is 5.26 Å². The van der Waals surface area contributed by atoms with Gasteiger partial charge in [-0.15, -0.1) is 0 Å². The molecule has 0 atom stereocenters. The fourth-order valence-electron chi connectivity index (χ4n) is 8.68. The van der Waals surface area contributed by atoms with Gasteiger partial charge in [-0.25, -0.2) is 13.1 Å². The summed E-state index contributed by atoms with van der Waals surface area (Å²) in [6.45, 7) is 8.53. The van der Waals surface area contributed by atoms with Crippen LogP contribution in [0.15, 0.2) is 89.8 Å². The number of rotatable bonds is 11. The van der Waals surface area contributed by atoms with Gasteiger partial charge in [0.1, 0.15) is 0 Å². The molecule has 5 aliphatic rings. The molecule has 9 rings (SSSR count). The Morgan fingerprint density at radius 2 is 1.05 bits per heavy atom. The van der Waals surface area contributed by atoms with Crippen LogP contribution < -0.4 is 25.2 Å². The Morgan fingerprint density at radius 1 is 0.607 bits per heavy atom. The number of nitriles is 1. The molecule has 0 radical (unpaired) electrons. The molecule has 0 bridgehead atoms. The molecule has 2 saturated carbocycles. The molecule has 320 valence electrons. The zero-order valence-corrected chi connectivity index (χ0v) is 36.5. The summed E-state index contributed by atoms with van der Waals surface area (Å²) in [5, 5.41) is 8.83. The van der Waals surface area contributed by atoms with Crippen LogP contribution in [-0.2, 0) is 54.7 Å². The second-order valence-corrected chi connectivity index (χ2v) is 18.6. The van der Waals surface area contributed by atoms with Crippen LogP contribution in [0.2, 0.25) is 0 Å². The first-order valence-corrected chi connectivity index (χ1v) is 23.4. The number of amides is 3. The van der Waals surface area contributed by atoms with E-state index in [1.807, 2.05) is 39.0 Å². The highest BCUT2D eigenvalue weighted by Crippen LogP contribution is 2.48. The number of nitrogens with zero attached hydrogens (tertiary/aromatic N) is 4. The number of benzene rings is 4. The first kappa shape index (κ1) is 43.7. The van der Waals surface area contributed by atoms with Gasteiger partial charge in [-0.2, -0.15) is 5.26 Å². The third-order valence-corrected chi connectivity index (χ3v) is 13.9. The normalized spacial score (nSPS) is 18.0. The summed E-state index contributed by atoms with van der Waals surface area (Å²) in [5.74, 6) is 0.619. The van der Waals surface area contributed by atoms with Gasteiger partial charge in [-0.05, 0) is 134 Å². The van der Waals surface area contributed by atoms with Crippen molar-refractivity contribution in [3.05, 3.63) is 118 Å². The molecule has 0 saturated heterocycles. The lowest BCUT2D eigenvalue weighted by Gasteiger charge is -2.30. The van der Waals surface area contributed by atoms with E-state index in [0.717, 1.165) is 111 Å². The lowest BCUT2D eigenvalue weighted by Crippen LogP contribution is -2.37. The van der Waals surface area contributed by atoms with Gasteiger partial charge in [0.05, 0.1) is 22.1 Å². The number of carbonyl (C=O) groups excluding carboxylic acids is 3. The number of fused-ring (bicyclic) bond motifs is 3. The topological polar surface area (TPSA) is 157 Å². The van der Waals surface area contributed by atoms with Gasteiger partial charge in [-0.3, -0.25) is 14.4 Å². The minimum absolute atomic E-state index is 0.0773. The van der Waals surface area contributed by atoms with Crippen LogP contribution >= 0.6 is 0 Å². The lowest BCUT2D eigenvalue weighted by atomic mass is 9.95. The number of nitrogens with one attached hydrogen (secondary N) is 1. The summed E-state index contributed by atoms with van der Waals surface area (Å²) in [6, 6.07) is 28.6. The van der Waals surface area contributed by atoms with Crippen LogP contribution in [0.25, 0.3) is 0 Å². The van der Waals surface area contributed by atoms with Gasteiger partial charge in [0.25, 0.3) is 0 Å². The maximum Gasteiger partial charge on any atom is 0.241 e. The molecule has 11 nitrogen and oxygen atoms in total. The molecule has 0 unspecified atom stereocenters. The Hall–Kier alpha value is -5.35. The third-order valence-electron chi connectivity index (χ3n) is 12.4. The smallest absolute Gasteiger partial charge is 0.241 e. The molecule has 3 heterocycles. The highest BCUT2D eigenvalue weighted by Gasteiger charge is 2.48. The van der Waals surface area contributed by atoms with Crippen molar-refractivity contribution in [3.8, 4) is 6.07 Å². The van der Waals surface area contributed by atoms with Gasteiger partial charge < -0.3 is 20.4 Å². The summed E-state index contributed by atoms with van der Waals surface area (Å²) in [6.07, 6.45) is 10.6. The van der Waals surface area contributed by atoms with Gasteiger partial charge in [0.15, 0.2) is 0 Å². The first-order valence-electron chi connectivity index (χ1n) is 21.9. The molecule has 61 heavy (non-hydrogen) atoms. The molecule has 12 heteroatoms. The molecular weight excluding hydrogens is 785 g/mol. The van der Waals surface area contributed by atoms with E-state index in [4.69, 9.17) is 11.0 Å². The Morgan fingerprint density at radius 3 is 1.49 bits per heavy atom. The van der Waals surface area contributed by atoms with E-state index in [9.17, 15) is 22.8 Å². The average molecular weight is 843 g/mol. The van der Waals surface area contributed by atoms with Crippen molar-refractivity contribution in [2.75, 3.05) is 34.3 Å². The monoisotopic (exact) mass is 842 g/mol. The third kappa shape index (κ3) is 9.60. The van der Waals surface area contributed by atoms with Gasteiger partial charge in [-0.1, -0.05) is 63.2 Å². The lowest BCUT2D eigenvalue weighted by molar-refractivity contribution is -0.119. The Kier molecular flexibility index (Phi) is 13.1. The number of carbonyl (C=O) groups is 3. The minimum atomic E-state index is -3.57. The molecule has 3 aliphatic heterocycles. The standard InChI is InChI=1S/C21H24N2O3S.C15H20N2O.C13H14N2O/c1-2-14-23-19-10-9-17(15-16(19)8-11-20(23)24)21(12-13-21)22-27(25,26)18-6-4-3-5-7-18;1-2-9-17-13-5-4-12(15(16)7-8-15)10-11(13)3-6-14(17)18;1-2-7-15-12-5-3-10(9-14)8-11(12)4-6-13(15)16/h3-7,9-10,15,22H,2,8,11-14H2,1H3;4-5,10H,2-3,6-9,16H2,1H3;3,5,8H,2,4,6-7H2,1H3. The maximum atomic E-state index is 12.8. The van der Waals surface area contributed by atoms with Crippen LogP contribution in [0.3, 0.4) is 0 Å². The van der Waals surface area contributed by atoms with E-state index in [2.05, 4.69) is 55.8 Å². The summed E-state index contributed by atoms with van der Waals surface area (Å²) in [5.41, 5.74) is 15.1. The summed E-state index contributed by atoms with van der Waals surface area (Å²) in [4.78, 5) is 41.8. The predicted octanol–water partition coefficient (Wildman–Crippen LogP) is 7.91. The van der Waals surface area contributed by atoms with Crippen LogP contribution in [0.4, 0.5) is 17.1 Å². The number of nitrogens with two attached hydrogens (primary N) is 1. The van der Waals surface area contributed by atoms with E-state index in [1.54, 1.807) is 36.4 Å². The predicted molar refractivity (Wildman–Crippen MR) is 240 cm³/mol. The zero-order valence-electron chi connectivity index (χ0n) is 35.7. The van der Waals surface area contributed by atoms with Crippen molar-refractivity contribution in [1.82, 2.24) is 4.72 Å². The van der Waals surface area contributed by atoms with Crippen molar-refractivity contribution >= 4 is 44.8 Å². The Balaban J connectivity index is 0.000000144. The molecule has 4 aromatic carbocycles. The van der Waals surface area contributed by atoms with Crippen molar-refractivity contribution in [2.45, 2.75) is 120 Å². The Bertz CT molecular complexity index is 2440. The highest BCUT2D eigenvalue weighted by molar-refractivity contribution is 7.89. The van der Waals surface area contributed by atoms with Crippen LogP contribution in [-0.4, -0.2) is 45.8 Å². The van der Waals surface area contributed by atoms with Gasteiger partial charge in [0.2, 0.25) is 27.7 Å². The number of anilines is 3. The quantitative estimate of drug-likeness (QED) is 0.155. The zero-order chi connectivity index (χ0) is 43.4. The van der Waals surface area contributed by atoms with Gasteiger partial charge >= 0.3 is 0 Å². The molecule has 4 aromatic rings. The van der Waals surface area contributed by atoms with Gasteiger partial charge in [0, 0.05) is 61.5 Å². The fraction of sp³-hybridized carbons (Fsp3) is 0.429. The van der Waals surface area contributed by atoms with E-state index in [-0.39, 0.29) is 28.2 Å². The molecule has 2 fully saturated rings. The van der Waals surface area contributed by atoms with E-state index < -0.39 is 15.6 Å². The number of hydrogen-bond donors (Lipinski definition) is 2. The van der Waals surface area contributed by atoms with Crippen molar-refractivity contribution < 1.29 is 22.8 Å². The summed E-state index contributed by atoms with van der Waals surface area (Å²) in [7, 11) is -3.57. The largest absolute Gasteiger partial charge is 0.321 e. The second kappa shape index (κ2) is 18.3. The SMILES string of the molecule is CCCN1C(=O)CCc2cc(C#N)ccc21.CCCN1C(=O)CCc2cc(C3(N)CC3)ccc21.CCCN1C(=O)CCc2cc(C3(NS(=O)(=O)c4ccccc4)CC3)ccc21. The summed E-state index contributed by atoms with van der Waals surface area (Å²) < 4.78 is 28.5. The maximum absolute atomic E-state index is 12.8. The van der Waals surface area contributed by atoms with Crippen LogP contribution in [0.5, 0.6) is 0 Å². The molecule has 3 N–H and O–H groups in total. The molecule has 0 aromatic heterocycles. The fourth-order valence-corrected chi connectivity index (χ4v) is 10.1. The van der Waals surface area contributed by atoms with E-state index in [0.29, 0.717) is 31.2 Å². The number of sulfonamides is 1. The number of aryl methyl sites for hydroxylation is 3.